The van der Waals surface area contributed by atoms with Crippen molar-refractivity contribution >= 4 is 27.3 Å². The number of aryl methyl sites for hydroxylation is 4. The summed E-state index contributed by atoms with van der Waals surface area (Å²) in [5, 5.41) is 2.92. The zero-order valence-electron chi connectivity index (χ0n) is 16.9. The number of rotatable bonds is 5. The largest absolute Gasteiger partial charge is 0.322 e. The maximum atomic E-state index is 12.9. The molecule has 3 rings (SSSR count). The summed E-state index contributed by atoms with van der Waals surface area (Å²) >= 11 is 0. The highest BCUT2D eigenvalue weighted by atomic mass is 32.2. The van der Waals surface area contributed by atoms with E-state index in [-0.39, 0.29) is 16.4 Å². The molecule has 0 aromatic heterocycles. The number of hydrogen-bond acceptors (Lipinski definition) is 3. The second-order valence-corrected chi connectivity index (χ2v) is 8.83. The predicted molar refractivity (Wildman–Crippen MR) is 117 cm³/mol. The molecular formula is C23H24N2O3S. The first-order valence-corrected chi connectivity index (χ1v) is 10.7. The van der Waals surface area contributed by atoms with Gasteiger partial charge in [0.05, 0.1) is 4.90 Å². The van der Waals surface area contributed by atoms with Gasteiger partial charge >= 0.3 is 0 Å². The van der Waals surface area contributed by atoms with E-state index in [1.54, 1.807) is 43.3 Å². The highest BCUT2D eigenvalue weighted by molar-refractivity contribution is 7.92. The van der Waals surface area contributed by atoms with Crippen molar-refractivity contribution in [2.75, 3.05) is 10.0 Å². The normalized spacial score (nSPS) is 11.2. The van der Waals surface area contributed by atoms with Gasteiger partial charge in [-0.1, -0.05) is 42.0 Å². The third-order valence-electron chi connectivity index (χ3n) is 4.68. The molecule has 0 aliphatic heterocycles. The van der Waals surface area contributed by atoms with Crippen LogP contribution in [0, 0.1) is 27.7 Å². The average molecular weight is 409 g/mol. The number of para-hydroxylation sites is 1. The Morgan fingerprint density at radius 1 is 0.793 bits per heavy atom. The summed E-state index contributed by atoms with van der Waals surface area (Å²) in [6, 6.07) is 17.3. The van der Waals surface area contributed by atoms with Gasteiger partial charge in [0.15, 0.2) is 0 Å². The van der Waals surface area contributed by atoms with E-state index >= 15 is 0 Å². The van der Waals surface area contributed by atoms with Crippen molar-refractivity contribution in [2.24, 2.45) is 0 Å². The molecule has 5 nitrogen and oxygen atoms in total. The Bertz CT molecular complexity index is 1150. The van der Waals surface area contributed by atoms with Gasteiger partial charge in [-0.3, -0.25) is 9.52 Å². The van der Waals surface area contributed by atoms with E-state index in [0.717, 1.165) is 22.4 Å². The van der Waals surface area contributed by atoms with Gasteiger partial charge in [0.1, 0.15) is 0 Å². The number of carbonyl (C=O) groups excluding carboxylic acids is 1. The molecule has 0 radical (unpaired) electrons. The summed E-state index contributed by atoms with van der Waals surface area (Å²) in [6.07, 6.45) is 0. The molecule has 2 N–H and O–H groups in total. The van der Waals surface area contributed by atoms with E-state index in [4.69, 9.17) is 0 Å². The molecule has 0 aliphatic rings. The number of hydrogen-bond donors (Lipinski definition) is 2. The van der Waals surface area contributed by atoms with Crippen molar-refractivity contribution in [1.82, 2.24) is 0 Å². The molecule has 0 saturated carbocycles. The second kappa shape index (κ2) is 8.09. The number of nitrogens with one attached hydrogen (secondary N) is 2. The second-order valence-electron chi connectivity index (χ2n) is 7.18. The van der Waals surface area contributed by atoms with Crippen LogP contribution in [0.25, 0.3) is 0 Å². The van der Waals surface area contributed by atoms with Gasteiger partial charge in [0.25, 0.3) is 15.9 Å². The lowest BCUT2D eigenvalue weighted by atomic mass is 10.0. The molecule has 0 atom stereocenters. The first kappa shape index (κ1) is 20.6. The number of sulfonamides is 1. The van der Waals surface area contributed by atoms with Crippen LogP contribution >= 0.6 is 0 Å². The van der Waals surface area contributed by atoms with Gasteiger partial charge < -0.3 is 5.32 Å². The Labute approximate surface area is 171 Å². The molecule has 150 valence electrons. The minimum atomic E-state index is -3.82. The van der Waals surface area contributed by atoms with Gasteiger partial charge in [-0.05, 0) is 68.7 Å². The van der Waals surface area contributed by atoms with Crippen molar-refractivity contribution in [1.29, 1.82) is 0 Å². The highest BCUT2D eigenvalue weighted by Crippen LogP contribution is 2.24. The molecule has 3 aromatic rings. The summed E-state index contributed by atoms with van der Waals surface area (Å²) in [7, 11) is -3.82. The molecule has 6 heteroatoms. The fourth-order valence-corrected chi connectivity index (χ4v) is 4.64. The Hall–Kier alpha value is -3.12. The number of anilines is 2. The highest BCUT2D eigenvalue weighted by Gasteiger charge is 2.20. The Balaban J connectivity index is 1.92. The van der Waals surface area contributed by atoms with Crippen LogP contribution in [0.5, 0.6) is 0 Å². The number of benzene rings is 3. The molecule has 0 bridgehead atoms. The van der Waals surface area contributed by atoms with E-state index in [0.29, 0.717) is 11.3 Å². The molecule has 0 spiro atoms. The fraction of sp³-hybridized carbons (Fsp3) is 0.174. The lowest BCUT2D eigenvalue weighted by molar-refractivity contribution is 0.102. The monoisotopic (exact) mass is 408 g/mol. The summed E-state index contributed by atoms with van der Waals surface area (Å²) in [6.45, 7) is 7.58. The van der Waals surface area contributed by atoms with Crippen molar-refractivity contribution in [3.8, 4) is 0 Å². The summed E-state index contributed by atoms with van der Waals surface area (Å²) in [5.41, 5.74) is 5.09. The van der Waals surface area contributed by atoms with Crippen LogP contribution in [0.2, 0.25) is 0 Å². The summed E-state index contributed by atoms with van der Waals surface area (Å²) in [4.78, 5) is 12.9. The van der Waals surface area contributed by atoms with Crippen molar-refractivity contribution in [3.05, 3.63) is 88.5 Å². The van der Waals surface area contributed by atoms with Crippen LogP contribution in [-0.4, -0.2) is 14.3 Å². The number of carbonyl (C=O) groups is 1. The van der Waals surface area contributed by atoms with Crippen LogP contribution in [0.3, 0.4) is 0 Å². The van der Waals surface area contributed by atoms with E-state index in [1.807, 2.05) is 39.0 Å². The molecule has 3 aromatic carbocycles. The Morgan fingerprint density at radius 2 is 1.41 bits per heavy atom. The average Bonchev–Trinajstić information content (AvgIpc) is 2.65. The van der Waals surface area contributed by atoms with E-state index in [1.165, 1.54) is 6.07 Å². The first-order valence-electron chi connectivity index (χ1n) is 9.25. The molecule has 0 saturated heterocycles. The van der Waals surface area contributed by atoms with Crippen LogP contribution in [0.15, 0.2) is 65.6 Å². The lowest BCUT2D eigenvalue weighted by Gasteiger charge is -2.15. The van der Waals surface area contributed by atoms with Crippen molar-refractivity contribution in [3.63, 3.8) is 0 Å². The smallest absolute Gasteiger partial charge is 0.262 e. The topological polar surface area (TPSA) is 75.3 Å². The Kier molecular flexibility index (Phi) is 5.75. The molecule has 0 fully saturated rings. The van der Waals surface area contributed by atoms with Crippen molar-refractivity contribution in [2.45, 2.75) is 32.6 Å². The maximum Gasteiger partial charge on any atom is 0.262 e. The minimum Gasteiger partial charge on any atom is -0.322 e. The van der Waals surface area contributed by atoms with Gasteiger partial charge in [-0.2, -0.15) is 0 Å². The van der Waals surface area contributed by atoms with E-state index < -0.39 is 10.0 Å². The van der Waals surface area contributed by atoms with Gasteiger partial charge in [0.2, 0.25) is 0 Å². The quantitative estimate of drug-likeness (QED) is 0.626. The summed E-state index contributed by atoms with van der Waals surface area (Å²) in [5.74, 6) is -0.351. The van der Waals surface area contributed by atoms with Gasteiger partial charge in [-0.15, -0.1) is 0 Å². The molecular weight excluding hydrogens is 384 g/mol. The first-order chi connectivity index (χ1) is 13.7. The molecule has 29 heavy (non-hydrogen) atoms. The van der Waals surface area contributed by atoms with Gasteiger partial charge in [-0.25, -0.2) is 8.42 Å². The molecule has 1 amide bonds. The summed E-state index contributed by atoms with van der Waals surface area (Å²) < 4.78 is 28.3. The predicted octanol–water partition coefficient (Wildman–Crippen LogP) is 4.97. The maximum absolute atomic E-state index is 12.9. The molecule has 0 heterocycles. The SMILES string of the molecule is Cc1cc(C)c(NC(=O)c2ccc(C)c(S(=O)(=O)Nc3ccccc3)c2)c(C)c1. The lowest BCUT2D eigenvalue weighted by Crippen LogP contribution is -2.17. The zero-order valence-corrected chi connectivity index (χ0v) is 17.7. The van der Waals surface area contributed by atoms with E-state index in [2.05, 4.69) is 10.0 Å². The number of amides is 1. The van der Waals surface area contributed by atoms with E-state index in [9.17, 15) is 13.2 Å². The van der Waals surface area contributed by atoms with Crippen molar-refractivity contribution < 1.29 is 13.2 Å². The third kappa shape index (κ3) is 4.66. The third-order valence-corrected chi connectivity index (χ3v) is 6.20. The zero-order chi connectivity index (χ0) is 21.2. The Morgan fingerprint density at radius 3 is 2.03 bits per heavy atom. The molecule has 0 aliphatic carbocycles. The standard InChI is InChI=1S/C23H24N2O3S/c1-15-12-17(3)22(18(4)13-15)24-23(26)19-11-10-16(2)21(14-19)29(27,28)25-20-8-6-5-7-9-20/h5-14,25H,1-4H3,(H,24,26). The molecule has 0 unspecified atom stereocenters. The fourth-order valence-electron chi connectivity index (χ4n) is 3.31. The van der Waals surface area contributed by atoms with Gasteiger partial charge in [0, 0.05) is 16.9 Å². The minimum absolute atomic E-state index is 0.0753. The van der Waals surface area contributed by atoms with Crippen LogP contribution in [0.1, 0.15) is 32.6 Å². The van der Waals surface area contributed by atoms with Crippen LogP contribution in [0.4, 0.5) is 11.4 Å². The van der Waals surface area contributed by atoms with Crippen LogP contribution in [-0.2, 0) is 10.0 Å². The van der Waals surface area contributed by atoms with Crippen LogP contribution < -0.4 is 10.0 Å².